The van der Waals surface area contributed by atoms with Crippen LogP contribution in [0.4, 0.5) is 17.3 Å². The summed E-state index contributed by atoms with van der Waals surface area (Å²) in [4.78, 5) is 8.12. The van der Waals surface area contributed by atoms with Crippen LogP contribution in [-0.2, 0) is 6.42 Å². The van der Waals surface area contributed by atoms with E-state index < -0.39 is 0 Å². The van der Waals surface area contributed by atoms with Crippen LogP contribution in [0.3, 0.4) is 0 Å². The Labute approximate surface area is 116 Å². The van der Waals surface area contributed by atoms with Crippen LogP contribution in [0.25, 0.3) is 0 Å². The van der Waals surface area contributed by atoms with Gasteiger partial charge in [-0.15, -0.1) is 0 Å². The van der Waals surface area contributed by atoms with E-state index >= 15 is 0 Å². The van der Waals surface area contributed by atoms with Crippen molar-refractivity contribution in [2.45, 2.75) is 13.3 Å². The summed E-state index contributed by atoms with van der Waals surface area (Å²) in [5.74, 6) is 1.08. The van der Waals surface area contributed by atoms with Crippen molar-refractivity contribution in [3.8, 4) is 6.07 Å². The van der Waals surface area contributed by atoms with Crippen LogP contribution in [0, 0.1) is 11.3 Å². The van der Waals surface area contributed by atoms with Crippen molar-refractivity contribution in [1.82, 2.24) is 9.97 Å². The number of halogens is 1. The molecule has 1 aromatic carbocycles. The molecular weight excluding hydrogens is 262 g/mol. The molecule has 6 heteroatoms. The van der Waals surface area contributed by atoms with Crippen LogP contribution >= 0.6 is 11.6 Å². The Hall–Kier alpha value is -2.32. The van der Waals surface area contributed by atoms with E-state index in [2.05, 4.69) is 15.3 Å². The second-order valence-electron chi connectivity index (χ2n) is 3.87. The number of nitrogens with two attached hydrogens (primary N) is 1. The molecule has 96 valence electrons. The van der Waals surface area contributed by atoms with Gasteiger partial charge in [-0.2, -0.15) is 5.26 Å². The van der Waals surface area contributed by atoms with Gasteiger partial charge in [0.15, 0.2) is 0 Å². The van der Waals surface area contributed by atoms with E-state index in [0.29, 0.717) is 34.3 Å². The third kappa shape index (κ3) is 2.75. The zero-order valence-electron chi connectivity index (χ0n) is 10.3. The minimum atomic E-state index is 0.449. The number of nitriles is 1. The number of nitrogens with zero attached hydrogens (tertiary/aromatic N) is 3. The van der Waals surface area contributed by atoms with E-state index in [0.717, 1.165) is 5.56 Å². The fraction of sp³-hybridized carbons (Fsp3) is 0.154. The highest BCUT2D eigenvalue weighted by Crippen LogP contribution is 2.28. The number of benzene rings is 1. The second kappa shape index (κ2) is 5.55. The standard InChI is InChI=1S/C13H12ClN5/c1-2-9-12(16)17-7-18-13(9)19-11-4-3-8(6-15)5-10(11)14/h3-5,7H,2H2,1H3,(H3,16,17,18,19). The largest absolute Gasteiger partial charge is 0.383 e. The summed E-state index contributed by atoms with van der Waals surface area (Å²) in [7, 11) is 0. The van der Waals surface area contributed by atoms with Crippen LogP contribution in [-0.4, -0.2) is 9.97 Å². The van der Waals surface area contributed by atoms with Gasteiger partial charge in [0.2, 0.25) is 0 Å². The van der Waals surface area contributed by atoms with E-state index in [9.17, 15) is 0 Å². The van der Waals surface area contributed by atoms with Gasteiger partial charge in [0.1, 0.15) is 18.0 Å². The molecule has 0 saturated heterocycles. The molecule has 3 N–H and O–H groups in total. The number of aromatic nitrogens is 2. The number of nitrogen functional groups attached to an aromatic ring is 1. The molecule has 0 aliphatic carbocycles. The van der Waals surface area contributed by atoms with Gasteiger partial charge in [-0.05, 0) is 24.6 Å². The van der Waals surface area contributed by atoms with Crippen molar-refractivity contribution in [2.24, 2.45) is 0 Å². The summed E-state index contributed by atoms with van der Waals surface area (Å²) in [5, 5.41) is 12.4. The molecule has 19 heavy (non-hydrogen) atoms. The molecule has 0 unspecified atom stereocenters. The van der Waals surface area contributed by atoms with Crippen LogP contribution in [0.5, 0.6) is 0 Å². The van der Waals surface area contributed by atoms with Crippen molar-refractivity contribution in [1.29, 1.82) is 5.26 Å². The molecule has 2 aromatic rings. The third-order valence-electron chi connectivity index (χ3n) is 2.68. The van der Waals surface area contributed by atoms with Crippen LogP contribution in [0.1, 0.15) is 18.1 Å². The smallest absolute Gasteiger partial charge is 0.139 e. The van der Waals surface area contributed by atoms with Crippen molar-refractivity contribution in [3.05, 3.63) is 40.7 Å². The maximum atomic E-state index is 8.80. The molecule has 1 aromatic heterocycles. The highest BCUT2D eigenvalue weighted by molar-refractivity contribution is 6.33. The fourth-order valence-electron chi connectivity index (χ4n) is 1.70. The lowest BCUT2D eigenvalue weighted by atomic mass is 10.2. The van der Waals surface area contributed by atoms with E-state index in [1.54, 1.807) is 18.2 Å². The maximum absolute atomic E-state index is 8.80. The fourth-order valence-corrected chi connectivity index (χ4v) is 1.92. The minimum absolute atomic E-state index is 0.449. The van der Waals surface area contributed by atoms with Crippen molar-refractivity contribution < 1.29 is 0 Å². The summed E-state index contributed by atoms with van der Waals surface area (Å²) < 4.78 is 0. The molecule has 5 nitrogen and oxygen atoms in total. The lowest BCUT2D eigenvalue weighted by Crippen LogP contribution is -2.04. The number of anilines is 3. The molecule has 0 aliphatic rings. The Bertz CT molecular complexity index is 648. The maximum Gasteiger partial charge on any atom is 0.139 e. The van der Waals surface area contributed by atoms with Gasteiger partial charge in [-0.25, -0.2) is 9.97 Å². The molecule has 1 heterocycles. The van der Waals surface area contributed by atoms with Gasteiger partial charge in [0.05, 0.1) is 22.3 Å². The molecule has 0 atom stereocenters. The molecule has 0 fully saturated rings. The first-order valence-corrected chi connectivity index (χ1v) is 6.09. The first-order valence-electron chi connectivity index (χ1n) is 5.71. The summed E-state index contributed by atoms with van der Waals surface area (Å²) in [5.41, 5.74) is 7.82. The Morgan fingerprint density at radius 1 is 1.42 bits per heavy atom. The molecule has 0 aliphatic heterocycles. The summed E-state index contributed by atoms with van der Waals surface area (Å²) in [6.07, 6.45) is 2.11. The Morgan fingerprint density at radius 3 is 2.84 bits per heavy atom. The normalized spacial score (nSPS) is 9.95. The average Bonchev–Trinajstić information content (AvgIpc) is 2.41. The minimum Gasteiger partial charge on any atom is -0.383 e. The van der Waals surface area contributed by atoms with Crippen LogP contribution in [0.2, 0.25) is 5.02 Å². The first kappa shape index (κ1) is 13.1. The number of rotatable bonds is 3. The van der Waals surface area contributed by atoms with Crippen LogP contribution < -0.4 is 11.1 Å². The molecule has 0 amide bonds. The molecule has 2 rings (SSSR count). The van der Waals surface area contributed by atoms with Gasteiger partial charge in [0, 0.05) is 5.56 Å². The molecule has 0 saturated carbocycles. The van der Waals surface area contributed by atoms with E-state index in [4.69, 9.17) is 22.6 Å². The summed E-state index contributed by atoms with van der Waals surface area (Å²) in [6, 6.07) is 7.05. The molecule has 0 spiro atoms. The molecule has 0 bridgehead atoms. The SMILES string of the molecule is CCc1c(N)ncnc1Nc1ccc(C#N)cc1Cl. The van der Waals surface area contributed by atoms with E-state index in [-0.39, 0.29) is 0 Å². The monoisotopic (exact) mass is 273 g/mol. The topological polar surface area (TPSA) is 87.6 Å². The number of nitrogens with one attached hydrogen (secondary N) is 1. The number of hydrogen-bond acceptors (Lipinski definition) is 5. The van der Waals surface area contributed by atoms with Crippen LogP contribution in [0.15, 0.2) is 24.5 Å². The third-order valence-corrected chi connectivity index (χ3v) is 3.00. The summed E-state index contributed by atoms with van der Waals surface area (Å²) in [6.45, 7) is 1.97. The lowest BCUT2D eigenvalue weighted by molar-refractivity contribution is 1.06. The van der Waals surface area contributed by atoms with Gasteiger partial charge < -0.3 is 11.1 Å². The lowest BCUT2D eigenvalue weighted by Gasteiger charge is -2.12. The predicted molar refractivity (Wildman–Crippen MR) is 75.3 cm³/mol. The Balaban J connectivity index is 2.37. The van der Waals surface area contributed by atoms with Crippen molar-refractivity contribution in [2.75, 3.05) is 11.1 Å². The molecule has 0 radical (unpaired) electrons. The quantitative estimate of drug-likeness (QED) is 0.898. The zero-order valence-corrected chi connectivity index (χ0v) is 11.1. The Morgan fingerprint density at radius 2 is 2.21 bits per heavy atom. The predicted octanol–water partition coefficient (Wildman–Crippen LogP) is 2.89. The summed E-state index contributed by atoms with van der Waals surface area (Å²) >= 11 is 6.11. The zero-order chi connectivity index (χ0) is 13.8. The van der Waals surface area contributed by atoms with Crippen molar-refractivity contribution in [3.63, 3.8) is 0 Å². The first-order chi connectivity index (χ1) is 9.15. The average molecular weight is 274 g/mol. The van der Waals surface area contributed by atoms with E-state index in [1.165, 1.54) is 6.33 Å². The van der Waals surface area contributed by atoms with Gasteiger partial charge >= 0.3 is 0 Å². The van der Waals surface area contributed by atoms with Crippen molar-refractivity contribution >= 4 is 28.9 Å². The van der Waals surface area contributed by atoms with Gasteiger partial charge in [-0.1, -0.05) is 18.5 Å². The van der Waals surface area contributed by atoms with Gasteiger partial charge in [0.25, 0.3) is 0 Å². The van der Waals surface area contributed by atoms with E-state index in [1.807, 2.05) is 13.0 Å². The molecular formula is C13H12ClN5. The number of hydrogen-bond donors (Lipinski definition) is 2. The van der Waals surface area contributed by atoms with Gasteiger partial charge in [-0.3, -0.25) is 0 Å². The highest BCUT2D eigenvalue weighted by Gasteiger charge is 2.09. The highest BCUT2D eigenvalue weighted by atomic mass is 35.5. The second-order valence-corrected chi connectivity index (χ2v) is 4.28. The Kier molecular flexibility index (Phi) is 3.83.